The third kappa shape index (κ3) is 2.15. The molecular weight excluding hydrogens is 196 g/mol. The second kappa shape index (κ2) is 4.59. The highest BCUT2D eigenvalue weighted by atomic mass is 32.2. The van der Waals surface area contributed by atoms with Crippen molar-refractivity contribution in [2.24, 2.45) is 0 Å². The van der Waals surface area contributed by atoms with E-state index in [0.29, 0.717) is 0 Å². The molecule has 13 heavy (non-hydrogen) atoms. The van der Waals surface area contributed by atoms with E-state index in [1.165, 1.54) is 0 Å². The number of aliphatic hydroxyl groups excluding tert-OH is 4. The molecule has 1 rings (SSSR count). The van der Waals surface area contributed by atoms with Gasteiger partial charge >= 0.3 is 0 Å². The Balaban J connectivity index is 2.66. The molecule has 1 fully saturated rings. The van der Waals surface area contributed by atoms with Crippen LogP contribution in [0.1, 0.15) is 0 Å². The van der Waals surface area contributed by atoms with Crippen molar-refractivity contribution in [3.05, 3.63) is 6.26 Å². The Labute approximate surface area is 80.3 Å². The summed E-state index contributed by atoms with van der Waals surface area (Å²) in [6, 6.07) is 0. The van der Waals surface area contributed by atoms with E-state index in [4.69, 9.17) is 9.84 Å². The second-order valence-corrected chi connectivity index (χ2v) is 3.66. The highest BCUT2D eigenvalue weighted by Crippen LogP contribution is 2.27. The van der Waals surface area contributed by atoms with Crippen molar-refractivity contribution in [1.82, 2.24) is 0 Å². The van der Waals surface area contributed by atoms with Gasteiger partial charge in [0, 0.05) is 6.26 Å². The summed E-state index contributed by atoms with van der Waals surface area (Å²) in [5, 5.41) is 36.7. The van der Waals surface area contributed by atoms with Crippen LogP contribution in [0.15, 0.2) is 0 Å². The third-order valence-electron chi connectivity index (χ3n) is 2.01. The van der Waals surface area contributed by atoms with Crippen molar-refractivity contribution < 1.29 is 25.2 Å². The van der Waals surface area contributed by atoms with Crippen LogP contribution >= 0.6 is 11.8 Å². The van der Waals surface area contributed by atoms with Crippen molar-refractivity contribution in [1.29, 1.82) is 0 Å². The van der Waals surface area contributed by atoms with Gasteiger partial charge in [-0.2, -0.15) is 0 Å². The van der Waals surface area contributed by atoms with E-state index in [1.54, 1.807) is 0 Å². The summed E-state index contributed by atoms with van der Waals surface area (Å²) >= 11 is 0.974. The first-order valence-corrected chi connectivity index (χ1v) is 4.88. The summed E-state index contributed by atoms with van der Waals surface area (Å²) in [4.78, 5) is 0. The van der Waals surface area contributed by atoms with E-state index in [-0.39, 0.29) is 0 Å². The molecule has 0 saturated carbocycles. The molecule has 6 heteroatoms. The molecule has 5 nitrogen and oxygen atoms in total. The Kier molecular flexibility index (Phi) is 3.96. The Morgan fingerprint density at radius 1 is 1.15 bits per heavy atom. The fourth-order valence-corrected chi connectivity index (χ4v) is 1.78. The van der Waals surface area contributed by atoms with Crippen LogP contribution in [0, 0.1) is 6.26 Å². The molecule has 4 N–H and O–H groups in total. The minimum Gasteiger partial charge on any atom is -0.394 e. The molecule has 1 unspecified atom stereocenters. The van der Waals surface area contributed by atoms with Crippen molar-refractivity contribution in [2.75, 3.05) is 6.61 Å². The van der Waals surface area contributed by atoms with Gasteiger partial charge in [0.25, 0.3) is 0 Å². The Bertz CT molecular complexity index is 147. The van der Waals surface area contributed by atoms with Gasteiger partial charge in [-0.15, -0.1) is 11.8 Å². The molecule has 1 aliphatic rings. The number of rotatable bonds is 2. The van der Waals surface area contributed by atoms with Crippen molar-refractivity contribution in [2.45, 2.75) is 29.9 Å². The monoisotopic (exact) mass is 209 g/mol. The van der Waals surface area contributed by atoms with Gasteiger partial charge in [0.2, 0.25) is 0 Å². The molecule has 0 spiro atoms. The molecule has 1 saturated heterocycles. The maximum atomic E-state index is 9.34. The molecular formula is C7H13O5S. The van der Waals surface area contributed by atoms with Gasteiger partial charge in [-0.25, -0.2) is 0 Å². The highest BCUT2D eigenvalue weighted by Gasteiger charge is 2.42. The molecule has 1 aliphatic heterocycles. The summed E-state index contributed by atoms with van der Waals surface area (Å²) in [5.74, 6) is 0. The van der Waals surface area contributed by atoms with E-state index in [2.05, 4.69) is 6.26 Å². The molecule has 1 radical (unpaired) electrons. The van der Waals surface area contributed by atoms with E-state index in [0.717, 1.165) is 11.8 Å². The lowest BCUT2D eigenvalue weighted by molar-refractivity contribution is -0.205. The topological polar surface area (TPSA) is 90.2 Å². The minimum atomic E-state index is -1.30. The van der Waals surface area contributed by atoms with Gasteiger partial charge < -0.3 is 25.2 Å². The van der Waals surface area contributed by atoms with Gasteiger partial charge in [-0.05, 0) is 0 Å². The number of hydrogen-bond donors (Lipinski definition) is 4. The largest absolute Gasteiger partial charge is 0.394 e. The van der Waals surface area contributed by atoms with Gasteiger partial charge in [0.1, 0.15) is 29.9 Å². The van der Waals surface area contributed by atoms with Crippen molar-refractivity contribution >= 4 is 11.8 Å². The van der Waals surface area contributed by atoms with Gasteiger partial charge in [0.15, 0.2) is 0 Å². The predicted octanol–water partition coefficient (Wildman–Crippen LogP) is -1.69. The van der Waals surface area contributed by atoms with E-state index < -0.39 is 36.5 Å². The first-order chi connectivity index (χ1) is 6.11. The van der Waals surface area contributed by atoms with Crippen LogP contribution in [0.2, 0.25) is 0 Å². The summed E-state index contributed by atoms with van der Waals surface area (Å²) in [5.41, 5.74) is -0.712. The highest BCUT2D eigenvalue weighted by molar-refractivity contribution is 8.00. The standard InChI is InChI=1S/C7H13O5S/c1-13-7-6(11)5(10)4(9)3(2-8)12-7/h3-11H,1-2H2/t3-,4-,5+,6-,7?/m1/s1. The average Bonchev–Trinajstić information content (AvgIpc) is 2.15. The number of thioether (sulfide) groups is 1. The van der Waals surface area contributed by atoms with Gasteiger partial charge in [0.05, 0.1) is 6.61 Å². The van der Waals surface area contributed by atoms with Gasteiger partial charge in [-0.1, -0.05) is 0 Å². The zero-order chi connectivity index (χ0) is 10.0. The molecule has 5 atom stereocenters. The van der Waals surface area contributed by atoms with Crippen LogP contribution in [0.25, 0.3) is 0 Å². The van der Waals surface area contributed by atoms with Crippen LogP contribution in [0.4, 0.5) is 0 Å². The Morgan fingerprint density at radius 3 is 2.23 bits per heavy atom. The minimum absolute atomic E-state index is 0.401. The Hall–Kier alpha value is 0.150. The molecule has 77 valence electrons. The predicted molar refractivity (Wildman–Crippen MR) is 46.7 cm³/mol. The molecule has 0 aliphatic carbocycles. The van der Waals surface area contributed by atoms with Crippen molar-refractivity contribution in [3.8, 4) is 0 Å². The SMILES string of the molecule is [CH2]SC1O[C@H](CO)[C@@H](O)[C@H](O)[C@H]1O. The number of aliphatic hydroxyl groups is 4. The lowest BCUT2D eigenvalue weighted by Crippen LogP contribution is -2.57. The van der Waals surface area contributed by atoms with E-state index in [9.17, 15) is 15.3 Å². The summed E-state index contributed by atoms with van der Waals surface area (Å²) < 4.78 is 5.07. The fraction of sp³-hybridized carbons (Fsp3) is 0.857. The maximum Gasteiger partial charge on any atom is 0.132 e. The van der Waals surface area contributed by atoms with Crippen LogP contribution in [-0.2, 0) is 4.74 Å². The quantitative estimate of drug-likeness (QED) is 0.434. The van der Waals surface area contributed by atoms with E-state index in [1.807, 2.05) is 0 Å². The Morgan fingerprint density at radius 2 is 1.77 bits per heavy atom. The molecule has 0 aromatic heterocycles. The lowest BCUT2D eigenvalue weighted by Gasteiger charge is -2.39. The fourth-order valence-electron chi connectivity index (χ4n) is 1.21. The van der Waals surface area contributed by atoms with Crippen LogP contribution < -0.4 is 0 Å². The smallest absolute Gasteiger partial charge is 0.132 e. The molecule has 0 aromatic carbocycles. The zero-order valence-corrected chi connectivity index (χ0v) is 7.72. The zero-order valence-electron chi connectivity index (χ0n) is 6.91. The molecule has 0 amide bonds. The number of hydrogen-bond acceptors (Lipinski definition) is 6. The third-order valence-corrected chi connectivity index (χ3v) is 2.73. The first-order valence-electron chi connectivity index (χ1n) is 3.83. The molecule has 0 aromatic rings. The van der Waals surface area contributed by atoms with Crippen LogP contribution in [-0.4, -0.2) is 56.9 Å². The summed E-state index contributed by atoms with van der Waals surface area (Å²) in [7, 11) is 0. The summed E-state index contributed by atoms with van der Waals surface area (Å²) in [6.07, 6.45) is -1.16. The number of ether oxygens (including phenoxy) is 1. The van der Waals surface area contributed by atoms with E-state index >= 15 is 0 Å². The van der Waals surface area contributed by atoms with Crippen LogP contribution in [0.3, 0.4) is 0 Å². The maximum absolute atomic E-state index is 9.34. The molecule has 1 heterocycles. The average molecular weight is 209 g/mol. The second-order valence-electron chi connectivity index (χ2n) is 2.86. The van der Waals surface area contributed by atoms with Crippen molar-refractivity contribution in [3.63, 3.8) is 0 Å². The van der Waals surface area contributed by atoms with Crippen LogP contribution in [0.5, 0.6) is 0 Å². The first kappa shape index (κ1) is 11.2. The molecule has 0 bridgehead atoms. The normalized spacial score (nSPS) is 46.4. The lowest BCUT2D eigenvalue weighted by atomic mass is 10.0. The summed E-state index contributed by atoms with van der Waals surface area (Å²) in [6.45, 7) is -0.401. The van der Waals surface area contributed by atoms with Gasteiger partial charge in [-0.3, -0.25) is 0 Å².